The van der Waals surface area contributed by atoms with Crippen LogP contribution in [-0.4, -0.2) is 35.1 Å². The average Bonchev–Trinajstić information content (AvgIpc) is 3.02. The van der Waals surface area contributed by atoms with Crippen molar-refractivity contribution in [2.24, 2.45) is 7.05 Å². The van der Waals surface area contributed by atoms with Gasteiger partial charge < -0.3 is 14.2 Å². The molecule has 0 saturated carbocycles. The van der Waals surface area contributed by atoms with Gasteiger partial charge in [-0.15, -0.1) is 0 Å². The average molecular weight is 298 g/mol. The van der Waals surface area contributed by atoms with Crippen molar-refractivity contribution in [2.75, 3.05) is 13.6 Å². The first-order chi connectivity index (χ1) is 10.5. The number of hydrogen-bond acceptors (Lipinski definition) is 2. The molecule has 1 aromatic carbocycles. The molecule has 1 aliphatic rings. The molecule has 1 unspecified atom stereocenters. The molecule has 2 aromatic rings. The maximum Gasteiger partial charge on any atom is 0.255 e. The molecule has 0 N–H and O–H groups in total. The zero-order valence-electron chi connectivity index (χ0n) is 13.6. The number of likely N-dealkylation sites (N-methyl/N-ethyl adjacent to an activating group) is 1. The van der Waals surface area contributed by atoms with Crippen LogP contribution in [0.25, 0.3) is 0 Å². The van der Waals surface area contributed by atoms with E-state index in [1.54, 1.807) is 4.90 Å². The Kier molecular flexibility index (Phi) is 3.69. The zero-order chi connectivity index (χ0) is 15.9. The first kappa shape index (κ1) is 14.7. The predicted molar refractivity (Wildman–Crippen MR) is 86.4 cm³/mol. The Labute approximate surface area is 131 Å². The zero-order valence-corrected chi connectivity index (χ0v) is 13.6. The van der Waals surface area contributed by atoms with Crippen molar-refractivity contribution in [1.29, 1.82) is 0 Å². The molecule has 1 aromatic heterocycles. The summed E-state index contributed by atoms with van der Waals surface area (Å²) in [5.41, 5.74) is 4.10. The van der Waals surface area contributed by atoms with Crippen molar-refractivity contribution in [3.63, 3.8) is 0 Å². The molecular formula is C18H22N2O2. The summed E-state index contributed by atoms with van der Waals surface area (Å²) in [7, 11) is 3.83. The van der Waals surface area contributed by atoms with Crippen molar-refractivity contribution in [2.45, 2.75) is 26.4 Å². The highest BCUT2D eigenvalue weighted by atomic mass is 16.5. The maximum atomic E-state index is 12.6. The number of ether oxygens (including phenoxy) is 1. The summed E-state index contributed by atoms with van der Waals surface area (Å²) in [6.07, 6.45) is 0.900. The molecule has 4 heteroatoms. The molecule has 0 bridgehead atoms. The minimum absolute atomic E-state index is 0.0384. The number of hydrogen-bond donors (Lipinski definition) is 0. The molecule has 0 radical (unpaired) electrons. The number of amides is 1. The molecule has 1 aliphatic heterocycles. The maximum absolute atomic E-state index is 12.6. The Morgan fingerprint density at radius 3 is 2.73 bits per heavy atom. The van der Waals surface area contributed by atoms with Crippen LogP contribution in [0.15, 0.2) is 30.3 Å². The molecule has 1 amide bonds. The number of fused-ring (bicyclic) bond motifs is 1. The summed E-state index contributed by atoms with van der Waals surface area (Å²) in [4.78, 5) is 14.4. The number of para-hydroxylation sites is 1. The fraction of sp³-hybridized carbons (Fsp3) is 0.389. The van der Waals surface area contributed by atoms with Gasteiger partial charge in [-0.25, -0.2) is 0 Å². The molecule has 1 atom stereocenters. The van der Waals surface area contributed by atoms with E-state index in [1.165, 1.54) is 5.56 Å². The van der Waals surface area contributed by atoms with Gasteiger partial charge in [0.25, 0.3) is 5.91 Å². The van der Waals surface area contributed by atoms with E-state index < -0.39 is 0 Å². The summed E-state index contributed by atoms with van der Waals surface area (Å²) in [5, 5.41) is 0. The number of carbonyl (C=O) groups excluding carboxylic acids is 1. The SMILES string of the molecule is Cc1cc(C(=O)N(C)CC2Cc3ccccc3O2)c(C)n1C. The van der Waals surface area contributed by atoms with Crippen LogP contribution < -0.4 is 4.74 Å². The lowest BCUT2D eigenvalue weighted by atomic mass is 10.1. The van der Waals surface area contributed by atoms with Crippen molar-refractivity contribution in [3.05, 3.63) is 52.8 Å². The number of nitrogens with zero attached hydrogens (tertiary/aromatic N) is 2. The molecular weight excluding hydrogens is 276 g/mol. The van der Waals surface area contributed by atoms with E-state index in [-0.39, 0.29) is 12.0 Å². The molecule has 0 fully saturated rings. The quantitative estimate of drug-likeness (QED) is 0.873. The van der Waals surface area contributed by atoms with E-state index in [4.69, 9.17) is 4.74 Å². The molecule has 0 aliphatic carbocycles. The number of aryl methyl sites for hydroxylation is 1. The van der Waals surface area contributed by atoms with E-state index in [0.717, 1.165) is 29.1 Å². The summed E-state index contributed by atoms with van der Waals surface area (Å²) >= 11 is 0. The van der Waals surface area contributed by atoms with Crippen LogP contribution in [0.2, 0.25) is 0 Å². The van der Waals surface area contributed by atoms with Gasteiger partial charge in [0.1, 0.15) is 11.9 Å². The minimum atomic E-state index is 0.0384. The largest absolute Gasteiger partial charge is 0.488 e. The Morgan fingerprint density at radius 1 is 1.36 bits per heavy atom. The van der Waals surface area contributed by atoms with Crippen LogP contribution >= 0.6 is 0 Å². The topological polar surface area (TPSA) is 34.5 Å². The summed E-state index contributed by atoms with van der Waals surface area (Å²) in [5.74, 6) is 1.00. The van der Waals surface area contributed by atoms with E-state index >= 15 is 0 Å². The van der Waals surface area contributed by atoms with Crippen molar-refractivity contribution < 1.29 is 9.53 Å². The van der Waals surface area contributed by atoms with Crippen LogP contribution in [0.1, 0.15) is 27.3 Å². The van der Waals surface area contributed by atoms with Gasteiger partial charge in [-0.2, -0.15) is 0 Å². The van der Waals surface area contributed by atoms with Gasteiger partial charge >= 0.3 is 0 Å². The Hall–Kier alpha value is -2.23. The molecule has 3 rings (SSSR count). The molecule has 0 spiro atoms. The standard InChI is InChI=1S/C18H22N2O2/c1-12-9-16(13(2)20(12)4)18(21)19(3)11-15-10-14-7-5-6-8-17(14)22-15/h5-9,15H,10-11H2,1-4H3. The Balaban J connectivity index is 1.69. The number of aromatic nitrogens is 1. The van der Waals surface area contributed by atoms with E-state index in [2.05, 4.69) is 6.07 Å². The number of carbonyl (C=O) groups is 1. The smallest absolute Gasteiger partial charge is 0.255 e. The van der Waals surface area contributed by atoms with Crippen LogP contribution in [0, 0.1) is 13.8 Å². The second-order valence-electron chi connectivity index (χ2n) is 6.08. The second kappa shape index (κ2) is 5.52. The molecule has 22 heavy (non-hydrogen) atoms. The summed E-state index contributed by atoms with van der Waals surface area (Å²) in [6, 6.07) is 10.0. The Morgan fingerprint density at radius 2 is 2.09 bits per heavy atom. The highest BCUT2D eigenvalue weighted by molar-refractivity contribution is 5.95. The van der Waals surface area contributed by atoms with Crippen LogP contribution in [0.3, 0.4) is 0 Å². The normalized spacial score (nSPS) is 16.3. The van der Waals surface area contributed by atoms with Gasteiger partial charge in [0, 0.05) is 31.9 Å². The predicted octanol–water partition coefficient (Wildman–Crippen LogP) is 2.72. The molecule has 2 heterocycles. The summed E-state index contributed by atoms with van der Waals surface area (Å²) in [6.45, 7) is 4.59. The Bertz CT molecular complexity index is 693. The number of benzene rings is 1. The van der Waals surface area contributed by atoms with Crippen molar-refractivity contribution >= 4 is 5.91 Å². The van der Waals surface area contributed by atoms with Gasteiger partial charge in [-0.05, 0) is 31.5 Å². The molecule has 116 valence electrons. The lowest BCUT2D eigenvalue weighted by Gasteiger charge is -2.21. The third kappa shape index (κ3) is 2.49. The monoisotopic (exact) mass is 298 g/mol. The lowest BCUT2D eigenvalue weighted by Crippen LogP contribution is -2.36. The van der Waals surface area contributed by atoms with Gasteiger partial charge in [-0.1, -0.05) is 18.2 Å². The second-order valence-corrected chi connectivity index (χ2v) is 6.08. The molecule has 0 saturated heterocycles. The van der Waals surface area contributed by atoms with Gasteiger partial charge in [0.2, 0.25) is 0 Å². The first-order valence-corrected chi connectivity index (χ1v) is 7.60. The minimum Gasteiger partial charge on any atom is -0.488 e. The van der Waals surface area contributed by atoms with E-state index in [1.807, 2.05) is 56.8 Å². The lowest BCUT2D eigenvalue weighted by molar-refractivity contribution is 0.0729. The van der Waals surface area contributed by atoms with Gasteiger partial charge in [0.15, 0.2) is 0 Å². The molecule has 4 nitrogen and oxygen atoms in total. The summed E-state index contributed by atoms with van der Waals surface area (Å²) < 4.78 is 7.97. The van der Waals surface area contributed by atoms with Crippen LogP contribution in [-0.2, 0) is 13.5 Å². The van der Waals surface area contributed by atoms with E-state index in [0.29, 0.717) is 6.54 Å². The van der Waals surface area contributed by atoms with Crippen molar-refractivity contribution in [3.8, 4) is 5.75 Å². The van der Waals surface area contributed by atoms with Crippen molar-refractivity contribution in [1.82, 2.24) is 9.47 Å². The third-order valence-electron chi connectivity index (χ3n) is 4.54. The highest BCUT2D eigenvalue weighted by Crippen LogP contribution is 2.28. The van der Waals surface area contributed by atoms with Crippen LogP contribution in [0.4, 0.5) is 0 Å². The van der Waals surface area contributed by atoms with Gasteiger partial charge in [-0.3, -0.25) is 4.79 Å². The van der Waals surface area contributed by atoms with E-state index in [9.17, 15) is 4.79 Å². The fourth-order valence-corrected chi connectivity index (χ4v) is 3.02. The van der Waals surface area contributed by atoms with Gasteiger partial charge in [0.05, 0.1) is 12.1 Å². The fourth-order valence-electron chi connectivity index (χ4n) is 3.02. The number of rotatable bonds is 3. The highest BCUT2D eigenvalue weighted by Gasteiger charge is 2.26. The van der Waals surface area contributed by atoms with Crippen LogP contribution in [0.5, 0.6) is 5.75 Å². The third-order valence-corrected chi connectivity index (χ3v) is 4.54. The first-order valence-electron chi connectivity index (χ1n) is 7.60.